The molecule has 2 heterocycles. The molecule has 4 rings (SSSR count). The molecule has 0 saturated heterocycles. The highest BCUT2D eigenvalue weighted by atomic mass is 16.6. The molecule has 3 aromatic rings. The first kappa shape index (κ1) is 15.7. The summed E-state index contributed by atoms with van der Waals surface area (Å²) in [5.41, 5.74) is 2.47. The molecule has 1 amide bonds. The molecule has 1 aliphatic heterocycles. The summed E-state index contributed by atoms with van der Waals surface area (Å²) in [5.74, 6) is 0.764. The van der Waals surface area contributed by atoms with E-state index >= 15 is 0 Å². The van der Waals surface area contributed by atoms with E-state index in [-0.39, 0.29) is 12.5 Å². The van der Waals surface area contributed by atoms with Crippen molar-refractivity contribution in [2.24, 2.45) is 0 Å². The molecule has 1 aromatic heterocycles. The lowest BCUT2D eigenvalue weighted by Crippen LogP contribution is -2.40. The van der Waals surface area contributed by atoms with Crippen molar-refractivity contribution < 1.29 is 14.3 Å². The Balaban J connectivity index is 1.52. The molecule has 7 heteroatoms. The average Bonchev–Trinajstić information content (AvgIpc) is 3.22. The van der Waals surface area contributed by atoms with Crippen molar-refractivity contribution in [2.75, 3.05) is 11.9 Å². The monoisotopic (exact) mass is 346 g/mol. The number of para-hydroxylation sites is 2. The number of amides is 1. The minimum Gasteiger partial charge on any atom is -0.485 e. The van der Waals surface area contributed by atoms with Gasteiger partial charge in [0.25, 0.3) is 5.91 Å². The molecule has 0 fully saturated rings. The smallest absolute Gasteiger partial charge is 0.269 e. The van der Waals surface area contributed by atoms with E-state index in [9.17, 15) is 10.1 Å². The van der Waals surface area contributed by atoms with Crippen LogP contribution in [-0.4, -0.2) is 28.8 Å². The molecular weight excluding hydrogens is 332 g/mol. The number of hydrogen-bond acceptors (Lipinski definition) is 5. The number of hydrogen-bond donors (Lipinski definition) is 2. The second-order valence-corrected chi connectivity index (χ2v) is 5.71. The second-order valence-electron chi connectivity index (χ2n) is 5.71. The molecule has 26 heavy (non-hydrogen) atoms. The van der Waals surface area contributed by atoms with Crippen LogP contribution in [0.3, 0.4) is 0 Å². The number of carbonyl (C=O) groups is 1. The van der Waals surface area contributed by atoms with E-state index in [0.717, 1.165) is 11.1 Å². The molecule has 0 radical (unpaired) electrons. The van der Waals surface area contributed by atoms with E-state index in [4.69, 9.17) is 9.47 Å². The Morgan fingerprint density at radius 2 is 2.08 bits per heavy atom. The third-order valence-corrected chi connectivity index (χ3v) is 4.03. The van der Waals surface area contributed by atoms with Gasteiger partial charge in [0.2, 0.25) is 6.10 Å². The Bertz CT molecular complexity index is 992. The fourth-order valence-electron chi connectivity index (χ4n) is 2.70. The predicted octanol–water partition coefficient (Wildman–Crippen LogP) is 2.73. The Labute approximate surface area is 149 Å². The van der Waals surface area contributed by atoms with Crippen molar-refractivity contribution in [1.29, 1.82) is 5.26 Å². The quantitative estimate of drug-likeness (QED) is 0.759. The summed E-state index contributed by atoms with van der Waals surface area (Å²) in [6, 6.07) is 14.5. The zero-order valence-corrected chi connectivity index (χ0v) is 13.6. The lowest BCUT2D eigenvalue weighted by molar-refractivity contribution is -0.125. The summed E-state index contributed by atoms with van der Waals surface area (Å²) in [6.45, 7) is 0.109. The molecular formula is C19H14N4O3. The van der Waals surface area contributed by atoms with Gasteiger partial charge >= 0.3 is 0 Å². The first-order chi connectivity index (χ1) is 12.7. The van der Waals surface area contributed by atoms with Gasteiger partial charge in [-0.25, -0.2) is 0 Å². The van der Waals surface area contributed by atoms with E-state index in [1.54, 1.807) is 36.7 Å². The number of nitriles is 1. The van der Waals surface area contributed by atoms with Crippen LogP contribution >= 0.6 is 0 Å². The molecule has 1 aliphatic rings. The summed E-state index contributed by atoms with van der Waals surface area (Å²) in [7, 11) is 0. The second kappa shape index (κ2) is 6.61. The maximum atomic E-state index is 12.5. The molecule has 7 nitrogen and oxygen atoms in total. The van der Waals surface area contributed by atoms with Gasteiger partial charge in [0.15, 0.2) is 11.5 Å². The van der Waals surface area contributed by atoms with Crippen molar-refractivity contribution in [1.82, 2.24) is 10.2 Å². The van der Waals surface area contributed by atoms with Crippen LogP contribution in [0.15, 0.2) is 54.9 Å². The number of benzene rings is 2. The number of carbonyl (C=O) groups excluding carboxylic acids is 1. The topological polar surface area (TPSA) is 100 Å². The summed E-state index contributed by atoms with van der Waals surface area (Å²) in [5, 5.41) is 18.8. The highest BCUT2D eigenvalue weighted by Gasteiger charge is 2.27. The number of rotatable bonds is 3. The van der Waals surface area contributed by atoms with Crippen molar-refractivity contribution in [3.63, 3.8) is 0 Å². The number of anilines is 1. The standard InChI is InChI=1S/C19H14N4O3/c20-8-13-7-12(14-9-21-22-10-14)5-6-15(13)23-19(24)18-11-25-16-3-1-2-4-17(16)26-18/h1-7,9-10,18H,11H2,(H,21,22)(H,23,24). The zero-order chi connectivity index (χ0) is 17.9. The van der Waals surface area contributed by atoms with Gasteiger partial charge in [0.05, 0.1) is 17.4 Å². The van der Waals surface area contributed by atoms with Gasteiger partial charge in [-0.2, -0.15) is 10.4 Å². The number of nitrogens with zero attached hydrogens (tertiary/aromatic N) is 2. The fourth-order valence-corrected chi connectivity index (χ4v) is 2.70. The van der Waals surface area contributed by atoms with Crippen molar-refractivity contribution in [3.8, 4) is 28.7 Å². The number of nitrogens with one attached hydrogen (secondary N) is 2. The Morgan fingerprint density at radius 3 is 2.85 bits per heavy atom. The number of aromatic nitrogens is 2. The third kappa shape index (κ3) is 2.96. The van der Waals surface area contributed by atoms with Crippen LogP contribution < -0.4 is 14.8 Å². The largest absolute Gasteiger partial charge is 0.485 e. The van der Waals surface area contributed by atoms with E-state index in [2.05, 4.69) is 21.6 Å². The summed E-state index contributed by atoms with van der Waals surface area (Å²) < 4.78 is 11.2. The molecule has 0 saturated carbocycles. The van der Waals surface area contributed by atoms with E-state index in [1.165, 1.54) is 0 Å². The predicted molar refractivity (Wildman–Crippen MR) is 93.7 cm³/mol. The number of fused-ring (bicyclic) bond motifs is 1. The number of ether oxygens (including phenoxy) is 2. The Kier molecular flexibility index (Phi) is 4.00. The van der Waals surface area contributed by atoms with Crippen LogP contribution in [0.5, 0.6) is 11.5 Å². The first-order valence-corrected chi connectivity index (χ1v) is 7.97. The van der Waals surface area contributed by atoms with Crippen LogP contribution in [-0.2, 0) is 4.79 Å². The maximum absolute atomic E-state index is 12.5. The Hall–Kier alpha value is -3.79. The third-order valence-electron chi connectivity index (χ3n) is 4.03. The van der Waals surface area contributed by atoms with Gasteiger partial charge in [0, 0.05) is 11.8 Å². The van der Waals surface area contributed by atoms with Crippen LogP contribution in [0.25, 0.3) is 11.1 Å². The molecule has 2 N–H and O–H groups in total. The van der Waals surface area contributed by atoms with Crippen molar-refractivity contribution >= 4 is 11.6 Å². The lowest BCUT2D eigenvalue weighted by atomic mass is 10.0. The molecule has 0 aliphatic carbocycles. The van der Waals surface area contributed by atoms with Crippen LogP contribution in [0, 0.1) is 11.3 Å². The zero-order valence-electron chi connectivity index (χ0n) is 13.6. The molecule has 128 valence electrons. The van der Waals surface area contributed by atoms with E-state index < -0.39 is 6.10 Å². The molecule has 1 atom stereocenters. The summed E-state index contributed by atoms with van der Waals surface area (Å²) in [6.07, 6.45) is 2.61. The lowest BCUT2D eigenvalue weighted by Gasteiger charge is -2.25. The first-order valence-electron chi connectivity index (χ1n) is 7.97. The maximum Gasteiger partial charge on any atom is 0.269 e. The SMILES string of the molecule is N#Cc1cc(-c2cn[nH]c2)ccc1NC(=O)C1COc2ccccc2O1. The average molecular weight is 346 g/mol. The normalized spacial score (nSPS) is 15.1. The molecule has 2 aromatic carbocycles. The highest BCUT2D eigenvalue weighted by molar-refractivity contribution is 5.96. The van der Waals surface area contributed by atoms with Gasteiger partial charge in [-0.05, 0) is 29.8 Å². The van der Waals surface area contributed by atoms with Crippen molar-refractivity contribution in [2.45, 2.75) is 6.10 Å². The van der Waals surface area contributed by atoms with Gasteiger partial charge in [-0.3, -0.25) is 9.89 Å². The van der Waals surface area contributed by atoms with Gasteiger partial charge in [0.1, 0.15) is 12.7 Å². The fraction of sp³-hybridized carbons (Fsp3) is 0.105. The van der Waals surface area contributed by atoms with Crippen LogP contribution in [0.4, 0.5) is 5.69 Å². The highest BCUT2D eigenvalue weighted by Crippen LogP contribution is 2.31. The van der Waals surface area contributed by atoms with Crippen LogP contribution in [0.1, 0.15) is 5.56 Å². The van der Waals surface area contributed by atoms with E-state index in [1.807, 2.05) is 18.2 Å². The van der Waals surface area contributed by atoms with Gasteiger partial charge in [-0.15, -0.1) is 0 Å². The Morgan fingerprint density at radius 1 is 1.23 bits per heavy atom. The van der Waals surface area contributed by atoms with Gasteiger partial charge < -0.3 is 14.8 Å². The summed E-state index contributed by atoms with van der Waals surface area (Å²) in [4.78, 5) is 12.5. The van der Waals surface area contributed by atoms with Gasteiger partial charge in [-0.1, -0.05) is 18.2 Å². The molecule has 1 unspecified atom stereocenters. The van der Waals surface area contributed by atoms with Crippen molar-refractivity contribution in [3.05, 3.63) is 60.4 Å². The minimum atomic E-state index is -0.787. The molecule has 0 spiro atoms. The van der Waals surface area contributed by atoms with E-state index in [0.29, 0.717) is 22.7 Å². The number of aromatic amines is 1. The number of H-pyrrole nitrogens is 1. The van der Waals surface area contributed by atoms with Crippen LogP contribution in [0.2, 0.25) is 0 Å². The minimum absolute atomic E-state index is 0.109. The molecule has 0 bridgehead atoms. The summed E-state index contributed by atoms with van der Waals surface area (Å²) >= 11 is 0.